The van der Waals surface area contributed by atoms with Crippen LogP contribution in [0.2, 0.25) is 0 Å². The molecule has 0 bridgehead atoms. The van der Waals surface area contributed by atoms with Gasteiger partial charge in [-0.25, -0.2) is 9.78 Å². The topological polar surface area (TPSA) is 66.3 Å². The van der Waals surface area contributed by atoms with Crippen LogP contribution in [0, 0.1) is 13.8 Å². The van der Waals surface area contributed by atoms with E-state index in [4.69, 9.17) is 0 Å². The molecule has 0 spiro atoms. The summed E-state index contributed by atoms with van der Waals surface area (Å²) in [6.45, 7) is 3.62. The molecule has 0 aliphatic carbocycles. The van der Waals surface area contributed by atoms with Crippen LogP contribution >= 0.6 is 0 Å². The Hall–Kier alpha value is -2.43. The van der Waals surface area contributed by atoms with Gasteiger partial charge in [-0.3, -0.25) is 4.98 Å². The SMILES string of the molecule is Cc1cc(C)c(C(=O)O)c(N(C)c2cccnc2)n1. The van der Waals surface area contributed by atoms with E-state index in [1.165, 1.54) is 0 Å². The van der Waals surface area contributed by atoms with Gasteiger partial charge in [0.2, 0.25) is 0 Å². The van der Waals surface area contributed by atoms with Crippen molar-refractivity contribution in [1.29, 1.82) is 0 Å². The summed E-state index contributed by atoms with van der Waals surface area (Å²) in [6, 6.07) is 5.43. The number of hydrogen-bond acceptors (Lipinski definition) is 4. The molecule has 2 aromatic rings. The molecule has 0 aromatic carbocycles. The third-order valence-electron chi connectivity index (χ3n) is 2.89. The Morgan fingerprint density at radius 2 is 2.11 bits per heavy atom. The number of nitrogens with zero attached hydrogens (tertiary/aromatic N) is 3. The zero-order chi connectivity index (χ0) is 14.0. The highest BCUT2D eigenvalue weighted by Gasteiger charge is 2.19. The van der Waals surface area contributed by atoms with Gasteiger partial charge >= 0.3 is 5.97 Å². The van der Waals surface area contributed by atoms with Crippen LogP contribution in [0.4, 0.5) is 11.5 Å². The zero-order valence-corrected chi connectivity index (χ0v) is 11.1. The monoisotopic (exact) mass is 257 g/mol. The molecular formula is C14H15N3O2. The minimum Gasteiger partial charge on any atom is -0.478 e. The van der Waals surface area contributed by atoms with Crippen molar-refractivity contribution in [1.82, 2.24) is 9.97 Å². The first kappa shape index (κ1) is 13.0. The van der Waals surface area contributed by atoms with Gasteiger partial charge in [-0.2, -0.15) is 0 Å². The molecule has 0 fully saturated rings. The first-order valence-corrected chi connectivity index (χ1v) is 5.86. The molecule has 0 saturated carbocycles. The number of carbonyl (C=O) groups is 1. The molecule has 0 radical (unpaired) electrons. The van der Waals surface area contributed by atoms with Gasteiger partial charge in [0.15, 0.2) is 0 Å². The number of rotatable bonds is 3. The molecule has 0 aliphatic rings. The minimum absolute atomic E-state index is 0.219. The summed E-state index contributed by atoms with van der Waals surface area (Å²) in [5.41, 5.74) is 2.50. The van der Waals surface area contributed by atoms with Gasteiger partial charge < -0.3 is 10.0 Å². The van der Waals surface area contributed by atoms with E-state index < -0.39 is 5.97 Å². The minimum atomic E-state index is -0.976. The lowest BCUT2D eigenvalue weighted by atomic mass is 10.1. The largest absolute Gasteiger partial charge is 0.478 e. The molecule has 0 unspecified atom stereocenters. The van der Waals surface area contributed by atoms with E-state index in [2.05, 4.69) is 9.97 Å². The van der Waals surface area contributed by atoms with Crippen LogP contribution in [0.25, 0.3) is 0 Å². The maximum atomic E-state index is 11.4. The summed E-state index contributed by atoms with van der Waals surface area (Å²) in [4.78, 5) is 21.5. The van der Waals surface area contributed by atoms with Crippen LogP contribution < -0.4 is 4.90 Å². The lowest BCUT2D eigenvalue weighted by Crippen LogP contribution is -2.17. The molecule has 19 heavy (non-hydrogen) atoms. The Morgan fingerprint density at radius 1 is 1.37 bits per heavy atom. The van der Waals surface area contributed by atoms with Gasteiger partial charge in [0.05, 0.1) is 11.9 Å². The predicted octanol–water partition coefficient (Wildman–Crippen LogP) is 2.56. The summed E-state index contributed by atoms with van der Waals surface area (Å²) in [5.74, 6) is -0.547. The molecule has 5 heteroatoms. The maximum Gasteiger partial charge on any atom is 0.339 e. The Kier molecular flexibility index (Phi) is 3.46. The third-order valence-corrected chi connectivity index (χ3v) is 2.89. The number of anilines is 2. The van der Waals surface area contributed by atoms with E-state index in [9.17, 15) is 9.90 Å². The van der Waals surface area contributed by atoms with E-state index in [0.717, 1.165) is 11.4 Å². The highest BCUT2D eigenvalue weighted by atomic mass is 16.4. The molecule has 0 amide bonds. The van der Waals surface area contributed by atoms with Gasteiger partial charge in [0.1, 0.15) is 11.4 Å². The van der Waals surface area contributed by atoms with E-state index >= 15 is 0 Å². The number of aromatic carboxylic acids is 1. The average molecular weight is 257 g/mol. The lowest BCUT2D eigenvalue weighted by Gasteiger charge is -2.21. The van der Waals surface area contributed by atoms with Crippen molar-refractivity contribution in [2.75, 3.05) is 11.9 Å². The van der Waals surface area contributed by atoms with E-state index in [1.54, 1.807) is 43.4 Å². The molecule has 98 valence electrons. The van der Waals surface area contributed by atoms with E-state index in [-0.39, 0.29) is 5.56 Å². The fraction of sp³-hybridized carbons (Fsp3) is 0.214. The second-order valence-electron chi connectivity index (χ2n) is 4.35. The molecule has 0 atom stereocenters. The number of carboxylic acids is 1. The van der Waals surface area contributed by atoms with Gasteiger partial charge in [0, 0.05) is 18.9 Å². The van der Waals surface area contributed by atoms with Gasteiger partial charge in [-0.1, -0.05) is 0 Å². The predicted molar refractivity (Wildman–Crippen MR) is 73.0 cm³/mol. The standard InChI is InChI=1S/C14H15N3O2/c1-9-7-10(2)16-13(12(9)14(18)19)17(3)11-5-4-6-15-8-11/h4-8H,1-3H3,(H,18,19). The zero-order valence-electron chi connectivity index (χ0n) is 11.1. The highest BCUT2D eigenvalue weighted by molar-refractivity contribution is 5.96. The van der Waals surface area contributed by atoms with Crippen LogP contribution in [0.1, 0.15) is 21.6 Å². The number of carboxylic acid groups (broad SMARTS) is 1. The highest BCUT2D eigenvalue weighted by Crippen LogP contribution is 2.27. The molecule has 1 N–H and O–H groups in total. The van der Waals surface area contributed by atoms with Crippen LogP contribution in [0.5, 0.6) is 0 Å². The Balaban J connectivity index is 2.58. The molecule has 2 aromatic heterocycles. The van der Waals surface area contributed by atoms with E-state index in [1.807, 2.05) is 13.0 Å². The molecule has 2 heterocycles. The number of aromatic nitrogens is 2. The van der Waals surface area contributed by atoms with Crippen molar-refractivity contribution in [3.63, 3.8) is 0 Å². The van der Waals surface area contributed by atoms with Crippen molar-refractivity contribution >= 4 is 17.5 Å². The lowest BCUT2D eigenvalue weighted by molar-refractivity contribution is 0.0696. The number of aryl methyl sites for hydroxylation is 2. The third kappa shape index (κ3) is 2.54. The normalized spacial score (nSPS) is 10.3. The Bertz CT molecular complexity index is 612. The van der Waals surface area contributed by atoms with Crippen molar-refractivity contribution in [3.8, 4) is 0 Å². The Labute approximate surface area is 111 Å². The fourth-order valence-corrected chi connectivity index (χ4v) is 2.00. The molecule has 0 saturated heterocycles. The first-order chi connectivity index (χ1) is 9.00. The summed E-state index contributed by atoms with van der Waals surface area (Å²) >= 11 is 0. The number of hydrogen-bond donors (Lipinski definition) is 1. The van der Waals surface area contributed by atoms with Crippen LogP contribution in [-0.4, -0.2) is 28.1 Å². The van der Waals surface area contributed by atoms with Crippen molar-refractivity contribution in [3.05, 3.63) is 47.4 Å². The van der Waals surface area contributed by atoms with Crippen molar-refractivity contribution in [2.24, 2.45) is 0 Å². The fourth-order valence-electron chi connectivity index (χ4n) is 2.00. The second kappa shape index (κ2) is 5.06. The molecular weight excluding hydrogens is 242 g/mol. The number of pyridine rings is 2. The second-order valence-corrected chi connectivity index (χ2v) is 4.35. The van der Waals surface area contributed by atoms with Gasteiger partial charge in [0.25, 0.3) is 0 Å². The molecule has 2 rings (SSSR count). The van der Waals surface area contributed by atoms with Gasteiger partial charge in [-0.05, 0) is 37.6 Å². The summed E-state index contributed by atoms with van der Waals surface area (Å²) in [5, 5.41) is 9.35. The van der Waals surface area contributed by atoms with Crippen molar-refractivity contribution < 1.29 is 9.90 Å². The van der Waals surface area contributed by atoms with Gasteiger partial charge in [-0.15, -0.1) is 0 Å². The van der Waals surface area contributed by atoms with Crippen molar-refractivity contribution in [2.45, 2.75) is 13.8 Å². The Morgan fingerprint density at radius 3 is 2.68 bits per heavy atom. The quantitative estimate of drug-likeness (QED) is 0.915. The maximum absolute atomic E-state index is 11.4. The molecule has 0 aliphatic heterocycles. The summed E-state index contributed by atoms with van der Waals surface area (Å²) in [7, 11) is 1.78. The van der Waals surface area contributed by atoms with E-state index in [0.29, 0.717) is 11.4 Å². The smallest absolute Gasteiger partial charge is 0.339 e. The summed E-state index contributed by atoms with van der Waals surface area (Å²) in [6.07, 6.45) is 3.34. The first-order valence-electron chi connectivity index (χ1n) is 5.86. The average Bonchev–Trinajstić information content (AvgIpc) is 2.37. The molecule has 5 nitrogen and oxygen atoms in total. The van der Waals surface area contributed by atoms with Crippen LogP contribution in [0.3, 0.4) is 0 Å². The van der Waals surface area contributed by atoms with Crippen LogP contribution in [0.15, 0.2) is 30.6 Å². The van der Waals surface area contributed by atoms with Crippen LogP contribution in [-0.2, 0) is 0 Å². The summed E-state index contributed by atoms with van der Waals surface area (Å²) < 4.78 is 0.